The number of hydrogen-bond donors (Lipinski definition) is 0. The molecule has 3 unspecified atom stereocenters. The predicted molar refractivity (Wildman–Crippen MR) is 213 cm³/mol. The van der Waals surface area contributed by atoms with Crippen LogP contribution in [-0.4, -0.2) is 37.7 Å². The Kier molecular flexibility index (Phi) is 33.0. The van der Waals surface area contributed by atoms with Gasteiger partial charge < -0.3 is 14.2 Å². The Bertz CT molecular complexity index is 813. The zero-order chi connectivity index (χ0) is 37.0. The molecule has 6 nitrogen and oxygen atoms in total. The van der Waals surface area contributed by atoms with Gasteiger partial charge in [-0.3, -0.25) is 14.4 Å². The Morgan fingerprint density at radius 1 is 0.392 bits per heavy atom. The van der Waals surface area contributed by atoms with Crippen molar-refractivity contribution in [2.24, 2.45) is 17.8 Å². The number of unbranched alkanes of at least 4 members (excludes halogenated alkanes) is 21. The molecule has 0 aromatic heterocycles. The zero-order valence-electron chi connectivity index (χ0n) is 34.1. The van der Waals surface area contributed by atoms with Gasteiger partial charge >= 0.3 is 17.9 Å². The highest BCUT2D eigenvalue weighted by Crippen LogP contribution is 2.41. The van der Waals surface area contributed by atoms with Crippen LogP contribution in [0.15, 0.2) is 0 Å². The average Bonchev–Trinajstić information content (AvgIpc) is 3.13. The second kappa shape index (κ2) is 35.4. The smallest absolute Gasteiger partial charge is 0.305 e. The monoisotopic (exact) mass is 721 g/mol. The number of carbonyl (C=O) groups excluding carboxylic acids is 3. The zero-order valence-corrected chi connectivity index (χ0v) is 34.1. The van der Waals surface area contributed by atoms with E-state index in [1.807, 2.05) is 0 Å². The lowest BCUT2D eigenvalue weighted by Gasteiger charge is -2.36. The van der Waals surface area contributed by atoms with E-state index < -0.39 is 0 Å². The molecule has 51 heavy (non-hydrogen) atoms. The van der Waals surface area contributed by atoms with Crippen molar-refractivity contribution < 1.29 is 28.6 Å². The summed E-state index contributed by atoms with van der Waals surface area (Å²) in [5, 5.41) is 0. The van der Waals surface area contributed by atoms with Crippen LogP contribution in [0.5, 0.6) is 0 Å². The Labute approximate surface area is 316 Å². The maximum Gasteiger partial charge on any atom is 0.305 e. The van der Waals surface area contributed by atoms with Crippen LogP contribution in [0.4, 0.5) is 0 Å². The summed E-state index contributed by atoms with van der Waals surface area (Å²) in [6, 6.07) is 0. The normalized spacial score (nSPS) is 17.4. The largest absolute Gasteiger partial charge is 0.466 e. The lowest BCUT2D eigenvalue weighted by Crippen LogP contribution is -2.27. The van der Waals surface area contributed by atoms with Gasteiger partial charge in [-0.05, 0) is 69.1 Å². The molecule has 0 saturated heterocycles. The topological polar surface area (TPSA) is 78.9 Å². The van der Waals surface area contributed by atoms with Crippen LogP contribution in [0.3, 0.4) is 0 Å². The summed E-state index contributed by atoms with van der Waals surface area (Å²) in [5.74, 6) is 1.00. The van der Waals surface area contributed by atoms with E-state index in [0.717, 1.165) is 77.0 Å². The van der Waals surface area contributed by atoms with Gasteiger partial charge in [-0.15, -0.1) is 0 Å². The molecule has 1 saturated carbocycles. The predicted octanol–water partition coefficient (Wildman–Crippen LogP) is 13.4. The third-order valence-electron chi connectivity index (χ3n) is 11.2. The van der Waals surface area contributed by atoms with Gasteiger partial charge in [0.05, 0.1) is 19.8 Å². The second-order valence-corrected chi connectivity index (χ2v) is 15.9. The molecule has 0 bridgehead atoms. The molecule has 6 heteroatoms. The first-order chi connectivity index (χ1) is 25.0. The van der Waals surface area contributed by atoms with E-state index in [0.29, 0.717) is 56.8 Å². The van der Waals surface area contributed by atoms with Crippen molar-refractivity contribution in [2.75, 3.05) is 19.8 Å². The van der Waals surface area contributed by atoms with Crippen molar-refractivity contribution in [2.45, 2.75) is 233 Å². The first-order valence-electron chi connectivity index (χ1n) is 22.5. The van der Waals surface area contributed by atoms with E-state index in [4.69, 9.17) is 14.2 Å². The number of esters is 3. The minimum atomic E-state index is -0.0897. The SMILES string of the molecule is CCCCCCCCCCOC(=O)CCC1CCC(CCC(=O)OCCCCCCCCCC)C(CCC(=O)OCCCCCCCCCC)C1. The number of carbonyl (C=O) groups is 3. The molecule has 300 valence electrons. The molecule has 0 radical (unpaired) electrons. The van der Waals surface area contributed by atoms with E-state index in [1.165, 1.54) is 116 Å². The average molecular weight is 721 g/mol. The van der Waals surface area contributed by atoms with Gasteiger partial charge in [0.2, 0.25) is 0 Å². The molecule has 0 aromatic rings. The molecular formula is C45H84O6. The summed E-state index contributed by atoms with van der Waals surface area (Å²) in [6.45, 7) is 8.33. The molecule has 0 spiro atoms. The Hall–Kier alpha value is -1.59. The summed E-state index contributed by atoms with van der Waals surface area (Å²) in [4.78, 5) is 37.8. The fourth-order valence-corrected chi connectivity index (χ4v) is 7.83. The van der Waals surface area contributed by atoms with Crippen molar-refractivity contribution in [3.05, 3.63) is 0 Å². The molecule has 1 fully saturated rings. The lowest BCUT2D eigenvalue weighted by molar-refractivity contribution is -0.146. The molecule has 3 atom stereocenters. The van der Waals surface area contributed by atoms with Crippen LogP contribution in [0.1, 0.15) is 233 Å². The summed E-state index contributed by atoms with van der Waals surface area (Å²) in [7, 11) is 0. The molecule has 0 N–H and O–H groups in total. The Balaban J connectivity index is 2.41. The molecule has 1 rings (SSSR count). The molecule has 0 amide bonds. The van der Waals surface area contributed by atoms with E-state index >= 15 is 0 Å². The molecule has 0 heterocycles. The summed E-state index contributed by atoms with van der Waals surface area (Å²) >= 11 is 0. The summed E-state index contributed by atoms with van der Waals surface area (Å²) in [5.41, 5.74) is 0. The molecule has 1 aliphatic rings. The van der Waals surface area contributed by atoms with Gasteiger partial charge in [-0.25, -0.2) is 0 Å². The van der Waals surface area contributed by atoms with E-state index in [1.54, 1.807) is 0 Å². The Morgan fingerprint density at radius 3 is 1.08 bits per heavy atom. The lowest BCUT2D eigenvalue weighted by atomic mass is 9.69. The standard InChI is InChI=1S/C45H84O6/c1-4-7-10-13-16-19-22-25-36-49-43(46)33-29-40-28-30-41(31-34-44(47)50-37-26-23-20-17-14-11-8-5-2)42(39-40)32-35-45(48)51-38-27-24-21-18-15-12-9-6-3/h40-42H,4-39H2,1-3H3. The van der Waals surface area contributed by atoms with E-state index in [-0.39, 0.29) is 17.9 Å². The minimum absolute atomic E-state index is 0.0691. The van der Waals surface area contributed by atoms with Crippen LogP contribution in [0.2, 0.25) is 0 Å². The van der Waals surface area contributed by atoms with Crippen LogP contribution in [0, 0.1) is 17.8 Å². The van der Waals surface area contributed by atoms with Crippen molar-refractivity contribution in [3.63, 3.8) is 0 Å². The first kappa shape index (κ1) is 47.4. The number of rotatable bonds is 36. The number of hydrogen-bond acceptors (Lipinski definition) is 6. The third-order valence-corrected chi connectivity index (χ3v) is 11.2. The number of ether oxygens (including phenoxy) is 3. The van der Waals surface area contributed by atoms with Gasteiger partial charge in [0.25, 0.3) is 0 Å². The van der Waals surface area contributed by atoms with Crippen molar-refractivity contribution in [1.82, 2.24) is 0 Å². The second-order valence-electron chi connectivity index (χ2n) is 15.9. The fraction of sp³-hybridized carbons (Fsp3) is 0.933. The van der Waals surface area contributed by atoms with Crippen LogP contribution < -0.4 is 0 Å². The highest BCUT2D eigenvalue weighted by Gasteiger charge is 2.31. The molecule has 1 aliphatic carbocycles. The maximum absolute atomic E-state index is 12.7. The summed E-state index contributed by atoms with van der Waals surface area (Å²) in [6.07, 6.45) is 36.5. The van der Waals surface area contributed by atoms with E-state index in [2.05, 4.69) is 20.8 Å². The van der Waals surface area contributed by atoms with Crippen LogP contribution in [0.25, 0.3) is 0 Å². The summed E-state index contributed by atoms with van der Waals surface area (Å²) < 4.78 is 16.8. The van der Waals surface area contributed by atoms with Gasteiger partial charge in [-0.1, -0.05) is 162 Å². The molecule has 0 aromatic carbocycles. The van der Waals surface area contributed by atoms with Gasteiger partial charge in [0.1, 0.15) is 0 Å². The van der Waals surface area contributed by atoms with Gasteiger partial charge in [0, 0.05) is 19.3 Å². The van der Waals surface area contributed by atoms with Gasteiger partial charge in [-0.2, -0.15) is 0 Å². The van der Waals surface area contributed by atoms with Crippen LogP contribution >= 0.6 is 0 Å². The van der Waals surface area contributed by atoms with Crippen molar-refractivity contribution in [3.8, 4) is 0 Å². The maximum atomic E-state index is 12.7. The Morgan fingerprint density at radius 2 is 0.706 bits per heavy atom. The van der Waals surface area contributed by atoms with Crippen LogP contribution in [-0.2, 0) is 28.6 Å². The minimum Gasteiger partial charge on any atom is -0.466 e. The van der Waals surface area contributed by atoms with Gasteiger partial charge in [0.15, 0.2) is 0 Å². The highest BCUT2D eigenvalue weighted by molar-refractivity contribution is 5.70. The van der Waals surface area contributed by atoms with Crippen molar-refractivity contribution >= 4 is 17.9 Å². The third kappa shape index (κ3) is 29.5. The highest BCUT2D eigenvalue weighted by atomic mass is 16.5. The van der Waals surface area contributed by atoms with Crippen molar-refractivity contribution in [1.29, 1.82) is 0 Å². The fourth-order valence-electron chi connectivity index (χ4n) is 7.83. The molecular weight excluding hydrogens is 636 g/mol. The van der Waals surface area contributed by atoms with E-state index in [9.17, 15) is 14.4 Å². The molecule has 0 aliphatic heterocycles. The first-order valence-corrected chi connectivity index (χ1v) is 22.5. The quantitative estimate of drug-likeness (QED) is 0.0364.